The molecular weight excluding hydrogens is 311 g/mol. The molecule has 118 valence electrons. The van der Waals surface area contributed by atoms with E-state index in [1.807, 2.05) is 24.3 Å². The van der Waals surface area contributed by atoms with Gasteiger partial charge in [0.05, 0.1) is 5.56 Å². The predicted octanol–water partition coefficient (Wildman–Crippen LogP) is 5.20. The lowest BCUT2D eigenvalue weighted by atomic mass is 9.98. The summed E-state index contributed by atoms with van der Waals surface area (Å²) in [4.78, 5) is 0. The van der Waals surface area contributed by atoms with Crippen molar-refractivity contribution in [3.63, 3.8) is 0 Å². The van der Waals surface area contributed by atoms with E-state index in [-0.39, 0.29) is 18.4 Å². The van der Waals surface area contributed by atoms with Gasteiger partial charge < -0.3 is 5.73 Å². The Hall–Kier alpha value is -1.52. The predicted molar refractivity (Wildman–Crippen MR) is 83.8 cm³/mol. The summed E-state index contributed by atoms with van der Waals surface area (Å²) < 4.78 is 37.6. The lowest BCUT2D eigenvalue weighted by Gasteiger charge is -2.12. The summed E-state index contributed by atoms with van der Waals surface area (Å²) in [5, 5.41) is 0. The van der Waals surface area contributed by atoms with Crippen LogP contribution in [-0.4, -0.2) is 0 Å². The molecule has 1 saturated carbocycles. The fraction of sp³-hybridized carbons (Fsp3) is 0.294. The molecule has 0 aromatic heterocycles. The molecule has 1 aliphatic rings. The lowest BCUT2D eigenvalue weighted by Crippen LogP contribution is -2.11. The summed E-state index contributed by atoms with van der Waals surface area (Å²) in [5.74, 6) is 0.585. The zero-order chi connectivity index (χ0) is 15.0. The number of benzene rings is 2. The van der Waals surface area contributed by atoms with E-state index in [0.29, 0.717) is 5.92 Å². The standard InChI is InChI=1S/C17H16F3N.ClH/c18-17(19,20)15-9-7-12(8-10-15)11-1-3-13(4-2-11)16(21)14-5-6-14;/h1-4,7-10,14,16H,5-6,21H2;1H/t16-;/m1./s1. The van der Waals surface area contributed by atoms with E-state index in [1.165, 1.54) is 25.0 Å². The van der Waals surface area contributed by atoms with E-state index in [0.717, 1.165) is 28.8 Å². The first-order valence-electron chi connectivity index (χ1n) is 6.98. The van der Waals surface area contributed by atoms with Crippen LogP contribution in [0.15, 0.2) is 48.5 Å². The molecule has 0 heterocycles. The maximum absolute atomic E-state index is 12.5. The van der Waals surface area contributed by atoms with Crippen LogP contribution in [0.25, 0.3) is 11.1 Å². The second kappa shape index (κ2) is 6.31. The Kier molecular flexibility index (Phi) is 4.83. The number of rotatable bonds is 3. The first kappa shape index (κ1) is 16.8. The summed E-state index contributed by atoms with van der Waals surface area (Å²) >= 11 is 0. The normalized spacial score (nSPS) is 16.0. The first-order chi connectivity index (χ1) is 9.95. The van der Waals surface area contributed by atoms with E-state index in [9.17, 15) is 13.2 Å². The van der Waals surface area contributed by atoms with Gasteiger partial charge in [0, 0.05) is 6.04 Å². The molecule has 1 atom stereocenters. The molecule has 2 N–H and O–H groups in total. The van der Waals surface area contributed by atoms with Crippen molar-refractivity contribution in [2.45, 2.75) is 25.1 Å². The third kappa shape index (κ3) is 3.62. The Bertz CT molecular complexity index is 616. The maximum atomic E-state index is 12.5. The van der Waals surface area contributed by atoms with Crippen LogP contribution in [0.3, 0.4) is 0 Å². The summed E-state index contributed by atoms with van der Waals surface area (Å²) in [5.41, 5.74) is 8.27. The molecule has 1 fully saturated rings. The third-order valence-electron chi connectivity index (χ3n) is 3.97. The number of hydrogen-bond donors (Lipinski definition) is 1. The Balaban J connectivity index is 0.00000176. The minimum Gasteiger partial charge on any atom is -0.324 e. The molecule has 0 bridgehead atoms. The Morgan fingerprint density at radius 3 is 1.73 bits per heavy atom. The van der Waals surface area contributed by atoms with Crippen molar-refractivity contribution in [3.8, 4) is 11.1 Å². The number of alkyl halides is 3. The minimum atomic E-state index is -4.29. The fourth-order valence-electron chi connectivity index (χ4n) is 2.48. The molecule has 1 aliphatic carbocycles. The van der Waals surface area contributed by atoms with Crippen molar-refractivity contribution >= 4 is 12.4 Å². The van der Waals surface area contributed by atoms with Crippen molar-refractivity contribution in [2.75, 3.05) is 0 Å². The SMILES string of the molecule is Cl.N[C@H](c1ccc(-c2ccc(C(F)(F)F)cc2)cc1)C1CC1. The molecule has 2 aromatic rings. The molecule has 0 aliphatic heterocycles. The molecule has 0 amide bonds. The second-order valence-corrected chi connectivity index (χ2v) is 5.56. The molecule has 0 spiro atoms. The van der Waals surface area contributed by atoms with Gasteiger partial charge in [-0.05, 0) is 47.6 Å². The quantitative estimate of drug-likeness (QED) is 0.823. The zero-order valence-corrected chi connectivity index (χ0v) is 12.6. The van der Waals surface area contributed by atoms with Crippen LogP contribution in [0, 0.1) is 5.92 Å². The van der Waals surface area contributed by atoms with E-state index < -0.39 is 11.7 Å². The molecule has 22 heavy (non-hydrogen) atoms. The highest BCUT2D eigenvalue weighted by atomic mass is 35.5. The van der Waals surface area contributed by atoms with Gasteiger partial charge in [-0.15, -0.1) is 12.4 Å². The van der Waals surface area contributed by atoms with Gasteiger partial charge in [0.15, 0.2) is 0 Å². The molecule has 3 rings (SSSR count). The molecule has 1 nitrogen and oxygen atoms in total. The van der Waals surface area contributed by atoms with Crippen molar-refractivity contribution < 1.29 is 13.2 Å². The van der Waals surface area contributed by atoms with Crippen LogP contribution in [0.5, 0.6) is 0 Å². The van der Waals surface area contributed by atoms with Gasteiger partial charge in [0.25, 0.3) is 0 Å². The van der Waals surface area contributed by atoms with Gasteiger partial charge in [0.1, 0.15) is 0 Å². The summed E-state index contributed by atoms with van der Waals surface area (Å²) in [6.07, 6.45) is -1.93. The highest BCUT2D eigenvalue weighted by Gasteiger charge is 2.30. The summed E-state index contributed by atoms with van der Waals surface area (Å²) in [6, 6.07) is 13.1. The monoisotopic (exact) mass is 327 g/mol. The summed E-state index contributed by atoms with van der Waals surface area (Å²) in [6.45, 7) is 0. The molecule has 0 unspecified atom stereocenters. The zero-order valence-electron chi connectivity index (χ0n) is 11.8. The Morgan fingerprint density at radius 2 is 1.32 bits per heavy atom. The number of hydrogen-bond acceptors (Lipinski definition) is 1. The first-order valence-corrected chi connectivity index (χ1v) is 6.98. The van der Waals surface area contributed by atoms with Crippen molar-refractivity contribution in [1.29, 1.82) is 0 Å². The number of nitrogens with two attached hydrogens (primary N) is 1. The van der Waals surface area contributed by atoms with Gasteiger partial charge in [-0.25, -0.2) is 0 Å². The van der Waals surface area contributed by atoms with Crippen LogP contribution < -0.4 is 5.73 Å². The van der Waals surface area contributed by atoms with Gasteiger partial charge in [-0.2, -0.15) is 13.2 Å². The largest absolute Gasteiger partial charge is 0.416 e. The second-order valence-electron chi connectivity index (χ2n) is 5.56. The van der Waals surface area contributed by atoms with Gasteiger partial charge in [-0.3, -0.25) is 0 Å². The smallest absolute Gasteiger partial charge is 0.324 e. The van der Waals surface area contributed by atoms with Crippen LogP contribution in [-0.2, 0) is 6.18 Å². The van der Waals surface area contributed by atoms with Crippen molar-refractivity contribution in [3.05, 3.63) is 59.7 Å². The van der Waals surface area contributed by atoms with Gasteiger partial charge >= 0.3 is 6.18 Å². The van der Waals surface area contributed by atoms with Gasteiger partial charge in [-0.1, -0.05) is 36.4 Å². The van der Waals surface area contributed by atoms with Crippen molar-refractivity contribution in [1.82, 2.24) is 0 Å². The van der Waals surface area contributed by atoms with Gasteiger partial charge in [0.2, 0.25) is 0 Å². The van der Waals surface area contributed by atoms with Crippen molar-refractivity contribution in [2.24, 2.45) is 11.7 Å². The lowest BCUT2D eigenvalue weighted by molar-refractivity contribution is -0.137. The van der Waals surface area contributed by atoms with E-state index >= 15 is 0 Å². The highest BCUT2D eigenvalue weighted by molar-refractivity contribution is 5.85. The highest BCUT2D eigenvalue weighted by Crippen LogP contribution is 2.39. The third-order valence-corrected chi connectivity index (χ3v) is 3.97. The van der Waals surface area contributed by atoms with Crippen LogP contribution in [0.4, 0.5) is 13.2 Å². The average Bonchev–Trinajstić information content (AvgIpc) is 3.31. The molecule has 5 heteroatoms. The molecular formula is C17H17ClF3N. The topological polar surface area (TPSA) is 26.0 Å². The molecule has 0 radical (unpaired) electrons. The van der Waals surface area contributed by atoms with Crippen LogP contribution in [0.1, 0.15) is 30.0 Å². The maximum Gasteiger partial charge on any atom is 0.416 e. The minimum absolute atomic E-state index is 0. The van der Waals surface area contributed by atoms with Crippen LogP contribution in [0.2, 0.25) is 0 Å². The van der Waals surface area contributed by atoms with E-state index in [2.05, 4.69) is 0 Å². The van der Waals surface area contributed by atoms with E-state index in [4.69, 9.17) is 5.73 Å². The number of halogens is 4. The average molecular weight is 328 g/mol. The van der Waals surface area contributed by atoms with Crippen LogP contribution >= 0.6 is 12.4 Å². The fourth-order valence-corrected chi connectivity index (χ4v) is 2.48. The Labute approximate surface area is 133 Å². The Morgan fingerprint density at radius 1 is 0.864 bits per heavy atom. The molecule has 2 aromatic carbocycles. The van der Waals surface area contributed by atoms with E-state index in [1.54, 1.807) is 0 Å². The summed E-state index contributed by atoms with van der Waals surface area (Å²) in [7, 11) is 0. The molecule has 0 saturated heterocycles.